The third kappa shape index (κ3) is 2.38. The summed E-state index contributed by atoms with van der Waals surface area (Å²) >= 11 is 6.14. The largest absolute Gasteiger partial charge is 0.403 e. The van der Waals surface area contributed by atoms with Crippen LogP contribution in [0.5, 0.6) is 0 Å². The number of anilines is 1. The van der Waals surface area contributed by atoms with Crippen molar-refractivity contribution < 1.29 is 4.79 Å². The minimum Gasteiger partial charge on any atom is -0.403 e. The molecule has 110 valence electrons. The SMILES string of the molecule is CN1C(=O)C(=CN)N=C(c2ccccc2)c2cc(Cl)ccc21. The lowest BCUT2D eigenvalue weighted by atomic mass is 10.0. The lowest BCUT2D eigenvalue weighted by molar-refractivity contribution is -0.114. The van der Waals surface area contributed by atoms with Gasteiger partial charge in [-0.1, -0.05) is 41.9 Å². The molecule has 1 aliphatic rings. The van der Waals surface area contributed by atoms with Crippen LogP contribution in [0, 0.1) is 0 Å². The fourth-order valence-electron chi connectivity index (χ4n) is 2.42. The standard InChI is InChI=1S/C17H14ClN3O/c1-21-15-8-7-12(18)9-13(15)16(11-5-3-2-4-6-11)20-14(10-19)17(21)22/h2-10H,19H2,1H3. The Labute approximate surface area is 133 Å². The molecule has 0 radical (unpaired) electrons. The maximum absolute atomic E-state index is 12.4. The lowest BCUT2D eigenvalue weighted by Gasteiger charge is -2.18. The van der Waals surface area contributed by atoms with Crippen molar-refractivity contribution in [3.05, 3.63) is 76.6 Å². The molecule has 2 aromatic rings. The van der Waals surface area contributed by atoms with Gasteiger partial charge in [0.05, 0.1) is 11.4 Å². The van der Waals surface area contributed by atoms with Gasteiger partial charge in [-0.05, 0) is 18.2 Å². The molecule has 1 heterocycles. The monoisotopic (exact) mass is 311 g/mol. The number of fused-ring (bicyclic) bond motifs is 1. The summed E-state index contributed by atoms with van der Waals surface area (Å²) in [6, 6.07) is 15.0. The summed E-state index contributed by atoms with van der Waals surface area (Å²) in [5.74, 6) is -0.253. The van der Waals surface area contributed by atoms with E-state index in [9.17, 15) is 4.79 Å². The number of benzodiazepines with no additional fused rings is 1. The number of aliphatic imine (C=N–C) groups is 1. The number of likely N-dealkylation sites (N-methyl/N-ethyl adjacent to an activating group) is 1. The number of carbonyl (C=O) groups excluding carboxylic acids is 1. The quantitative estimate of drug-likeness (QED) is 0.823. The summed E-state index contributed by atoms with van der Waals surface area (Å²) < 4.78 is 0. The van der Waals surface area contributed by atoms with Crippen LogP contribution in [0.25, 0.3) is 0 Å². The molecule has 0 bridgehead atoms. The summed E-state index contributed by atoms with van der Waals surface area (Å²) in [5.41, 5.74) is 8.90. The van der Waals surface area contributed by atoms with Crippen molar-refractivity contribution in [2.75, 3.05) is 11.9 Å². The van der Waals surface area contributed by atoms with Crippen molar-refractivity contribution in [1.82, 2.24) is 0 Å². The number of carbonyl (C=O) groups is 1. The Balaban J connectivity index is 2.32. The highest BCUT2D eigenvalue weighted by Gasteiger charge is 2.25. The van der Waals surface area contributed by atoms with Gasteiger partial charge in [-0.25, -0.2) is 4.99 Å². The van der Waals surface area contributed by atoms with E-state index >= 15 is 0 Å². The number of nitrogens with two attached hydrogens (primary N) is 1. The number of benzene rings is 2. The van der Waals surface area contributed by atoms with Gasteiger partial charge in [-0.2, -0.15) is 0 Å². The van der Waals surface area contributed by atoms with E-state index in [0.717, 1.165) is 16.8 Å². The van der Waals surface area contributed by atoms with E-state index < -0.39 is 0 Å². The third-order valence-corrected chi connectivity index (χ3v) is 3.77. The van der Waals surface area contributed by atoms with Crippen LogP contribution >= 0.6 is 11.6 Å². The van der Waals surface area contributed by atoms with Gasteiger partial charge < -0.3 is 10.6 Å². The Morgan fingerprint density at radius 1 is 1.18 bits per heavy atom. The first-order valence-electron chi connectivity index (χ1n) is 6.76. The zero-order chi connectivity index (χ0) is 15.7. The van der Waals surface area contributed by atoms with E-state index in [4.69, 9.17) is 17.3 Å². The molecule has 0 unspecified atom stereocenters. The third-order valence-electron chi connectivity index (χ3n) is 3.54. The Morgan fingerprint density at radius 2 is 1.91 bits per heavy atom. The zero-order valence-corrected chi connectivity index (χ0v) is 12.7. The molecule has 0 spiro atoms. The number of halogens is 1. The lowest BCUT2D eigenvalue weighted by Crippen LogP contribution is -2.27. The highest BCUT2D eigenvalue weighted by Crippen LogP contribution is 2.30. The predicted molar refractivity (Wildman–Crippen MR) is 89.2 cm³/mol. The van der Waals surface area contributed by atoms with E-state index in [-0.39, 0.29) is 11.6 Å². The van der Waals surface area contributed by atoms with Gasteiger partial charge in [0.15, 0.2) is 0 Å². The second kappa shape index (κ2) is 5.66. The minimum absolute atomic E-state index is 0.202. The topological polar surface area (TPSA) is 58.7 Å². The molecule has 3 rings (SSSR count). The predicted octanol–water partition coefficient (Wildman–Crippen LogP) is 2.95. The molecule has 1 amide bonds. The van der Waals surface area contributed by atoms with Crippen LogP contribution in [-0.2, 0) is 4.79 Å². The highest BCUT2D eigenvalue weighted by atomic mass is 35.5. The van der Waals surface area contributed by atoms with E-state index in [2.05, 4.69) is 4.99 Å². The molecule has 22 heavy (non-hydrogen) atoms. The number of nitrogens with zero attached hydrogens (tertiary/aromatic N) is 2. The number of hydrogen-bond donors (Lipinski definition) is 1. The molecule has 0 saturated heterocycles. The molecule has 1 aliphatic heterocycles. The van der Waals surface area contributed by atoms with Crippen molar-refractivity contribution in [1.29, 1.82) is 0 Å². The second-order valence-corrected chi connectivity index (χ2v) is 5.34. The molecule has 2 N–H and O–H groups in total. The molecule has 0 saturated carbocycles. The van der Waals surface area contributed by atoms with Gasteiger partial charge in [0.25, 0.3) is 5.91 Å². The normalized spacial score (nSPS) is 16.3. The zero-order valence-electron chi connectivity index (χ0n) is 12.0. The van der Waals surface area contributed by atoms with Crippen LogP contribution in [0.4, 0.5) is 5.69 Å². The molecular formula is C17H14ClN3O. The van der Waals surface area contributed by atoms with E-state index in [0.29, 0.717) is 10.7 Å². The molecule has 5 heteroatoms. The van der Waals surface area contributed by atoms with Gasteiger partial charge in [-0.3, -0.25) is 4.79 Å². The van der Waals surface area contributed by atoms with Crippen LogP contribution in [0.3, 0.4) is 0 Å². The Hall–Kier alpha value is -2.59. The second-order valence-electron chi connectivity index (χ2n) is 4.90. The van der Waals surface area contributed by atoms with Gasteiger partial charge in [0.2, 0.25) is 0 Å². The van der Waals surface area contributed by atoms with Crippen molar-refractivity contribution in [3.63, 3.8) is 0 Å². The molecule has 0 atom stereocenters. The number of hydrogen-bond acceptors (Lipinski definition) is 3. The molecule has 2 aromatic carbocycles. The van der Waals surface area contributed by atoms with Crippen LogP contribution in [0.1, 0.15) is 11.1 Å². The summed E-state index contributed by atoms with van der Waals surface area (Å²) in [7, 11) is 1.70. The highest BCUT2D eigenvalue weighted by molar-refractivity contribution is 6.32. The number of amides is 1. The van der Waals surface area contributed by atoms with Crippen molar-refractivity contribution in [3.8, 4) is 0 Å². The summed E-state index contributed by atoms with van der Waals surface area (Å²) in [6.07, 6.45) is 1.23. The van der Waals surface area contributed by atoms with Crippen LogP contribution in [-0.4, -0.2) is 18.7 Å². The van der Waals surface area contributed by atoms with Crippen molar-refractivity contribution in [2.45, 2.75) is 0 Å². The Kier molecular flexibility index (Phi) is 3.69. The number of rotatable bonds is 1. The van der Waals surface area contributed by atoms with Crippen LogP contribution in [0.2, 0.25) is 5.02 Å². The fraction of sp³-hybridized carbons (Fsp3) is 0.0588. The van der Waals surface area contributed by atoms with Gasteiger partial charge in [-0.15, -0.1) is 0 Å². The van der Waals surface area contributed by atoms with Crippen LogP contribution in [0.15, 0.2) is 65.4 Å². The minimum atomic E-state index is -0.253. The van der Waals surface area contributed by atoms with Gasteiger partial charge in [0.1, 0.15) is 5.70 Å². The first-order valence-corrected chi connectivity index (χ1v) is 7.13. The van der Waals surface area contributed by atoms with E-state index in [1.54, 1.807) is 13.1 Å². The van der Waals surface area contributed by atoms with Crippen molar-refractivity contribution in [2.24, 2.45) is 10.7 Å². The van der Waals surface area contributed by atoms with E-state index in [1.165, 1.54) is 11.1 Å². The van der Waals surface area contributed by atoms with Crippen molar-refractivity contribution >= 4 is 28.9 Å². The van der Waals surface area contributed by atoms with Gasteiger partial charge >= 0.3 is 0 Å². The maximum Gasteiger partial charge on any atom is 0.278 e. The molecular weight excluding hydrogens is 298 g/mol. The molecule has 0 aliphatic carbocycles. The Bertz CT molecular complexity index is 797. The first kappa shape index (κ1) is 14.4. The molecule has 0 aromatic heterocycles. The molecule has 4 nitrogen and oxygen atoms in total. The summed E-state index contributed by atoms with van der Waals surface area (Å²) in [5, 5.41) is 0.586. The van der Waals surface area contributed by atoms with Crippen LogP contribution < -0.4 is 10.6 Å². The summed E-state index contributed by atoms with van der Waals surface area (Å²) in [6.45, 7) is 0. The van der Waals surface area contributed by atoms with E-state index in [1.807, 2.05) is 42.5 Å². The molecule has 0 fully saturated rings. The smallest absolute Gasteiger partial charge is 0.278 e. The Morgan fingerprint density at radius 3 is 2.59 bits per heavy atom. The average molecular weight is 312 g/mol. The average Bonchev–Trinajstić information content (AvgIpc) is 2.64. The first-order chi connectivity index (χ1) is 10.6. The van der Waals surface area contributed by atoms with Gasteiger partial charge in [0, 0.05) is 29.4 Å². The maximum atomic E-state index is 12.4. The fourth-order valence-corrected chi connectivity index (χ4v) is 2.60. The summed E-state index contributed by atoms with van der Waals surface area (Å²) in [4.78, 5) is 18.5.